The Balaban J connectivity index is 0.00000161. The first-order chi connectivity index (χ1) is 18.3. The molecule has 0 aliphatic rings. The molecule has 9 heteroatoms. The number of amides is 2. The molecular weight excluding hydrogens is 501 g/mol. The topological polar surface area (TPSA) is 88.9 Å². The van der Waals surface area contributed by atoms with Crippen molar-refractivity contribution < 1.29 is 14.0 Å². The summed E-state index contributed by atoms with van der Waals surface area (Å²) in [6, 6.07) is 9.36. The van der Waals surface area contributed by atoms with Gasteiger partial charge in [0, 0.05) is 30.8 Å². The first-order valence-corrected chi connectivity index (χ1v) is 13.7. The number of rotatable bonds is 10. The smallest absolute Gasteiger partial charge is 0.252 e. The van der Waals surface area contributed by atoms with Crippen molar-refractivity contribution in [2.24, 2.45) is 0 Å². The summed E-state index contributed by atoms with van der Waals surface area (Å²) in [5.41, 5.74) is 3.19. The fourth-order valence-corrected chi connectivity index (χ4v) is 4.08. The number of aromatic nitrogens is 3. The molecule has 0 aliphatic heterocycles. The fraction of sp³-hybridized carbons (Fsp3) is 0.310. The summed E-state index contributed by atoms with van der Waals surface area (Å²) in [7, 11) is 0. The normalized spacial score (nSPS) is 11.7. The minimum atomic E-state index is -0.350. The number of pyridine rings is 1. The number of nitrogens with zero attached hydrogens (tertiary/aromatic N) is 3. The van der Waals surface area contributed by atoms with Crippen molar-refractivity contribution in [1.82, 2.24) is 25.4 Å². The number of nitrogens with one attached hydrogen (secondary N) is 2. The van der Waals surface area contributed by atoms with Crippen molar-refractivity contribution in [3.8, 4) is 5.69 Å². The molecule has 2 N–H and O–H groups in total. The van der Waals surface area contributed by atoms with Gasteiger partial charge in [0.25, 0.3) is 5.91 Å². The van der Waals surface area contributed by atoms with Gasteiger partial charge in [-0.15, -0.1) is 11.8 Å². The highest BCUT2D eigenvalue weighted by Crippen LogP contribution is 2.26. The first-order valence-electron chi connectivity index (χ1n) is 12.5. The predicted octanol–water partition coefficient (Wildman–Crippen LogP) is 5.97. The van der Waals surface area contributed by atoms with Gasteiger partial charge >= 0.3 is 0 Å². The van der Waals surface area contributed by atoms with Crippen LogP contribution < -0.4 is 10.6 Å². The summed E-state index contributed by atoms with van der Waals surface area (Å²) in [5, 5.41) is 11.1. The lowest BCUT2D eigenvalue weighted by molar-refractivity contribution is -0.119. The third kappa shape index (κ3) is 8.41. The Bertz CT molecular complexity index is 1250. The lowest BCUT2D eigenvalue weighted by Crippen LogP contribution is -2.32. The molecule has 0 saturated heterocycles. The summed E-state index contributed by atoms with van der Waals surface area (Å²) < 4.78 is 15.0. The molecule has 7 nitrogen and oxygen atoms in total. The van der Waals surface area contributed by atoms with Crippen molar-refractivity contribution in [3.05, 3.63) is 84.1 Å². The number of hydrogen-bond acceptors (Lipinski definition) is 5. The Labute approximate surface area is 228 Å². The van der Waals surface area contributed by atoms with E-state index in [1.54, 1.807) is 48.3 Å². The highest BCUT2D eigenvalue weighted by atomic mass is 32.2. The Morgan fingerprint density at radius 1 is 1.21 bits per heavy atom. The molecule has 3 aromatic rings. The van der Waals surface area contributed by atoms with Gasteiger partial charge in [0.1, 0.15) is 5.82 Å². The third-order valence-electron chi connectivity index (χ3n) is 5.38. The highest BCUT2D eigenvalue weighted by molar-refractivity contribution is 7.98. The lowest BCUT2D eigenvalue weighted by atomic mass is 10.0. The number of thioether (sulfide) groups is 1. The Hall–Kier alpha value is -3.72. The standard InChI is InChI=1S/C26H28FN5O2S.C3H8/c1-5-21(22-16-30-32(24(22)6-2)20-9-7-19(27)8-10-20)26(34)31-23(12-14-28-17(3)33)18-11-13-29-25(15-18)35-4;1-3-2/h5-11,13,15-16,23H,2,12,14H2,1,3-4H3,(H,28,33)(H,31,34);3H2,1-2H3/b21-5+;/t23-;/m0./s1. The van der Waals surface area contributed by atoms with Crippen LogP contribution in [0.25, 0.3) is 17.3 Å². The summed E-state index contributed by atoms with van der Waals surface area (Å²) in [6.45, 7) is 11.8. The fourth-order valence-electron chi connectivity index (χ4n) is 3.66. The Kier molecular flexibility index (Phi) is 12.5. The van der Waals surface area contributed by atoms with E-state index in [-0.39, 0.29) is 23.7 Å². The van der Waals surface area contributed by atoms with Crippen LogP contribution in [0.5, 0.6) is 0 Å². The number of carbonyl (C=O) groups is 2. The van der Waals surface area contributed by atoms with Gasteiger partial charge in [-0.05, 0) is 67.6 Å². The lowest BCUT2D eigenvalue weighted by Gasteiger charge is -2.21. The zero-order valence-corrected chi connectivity index (χ0v) is 23.4. The highest BCUT2D eigenvalue weighted by Gasteiger charge is 2.22. The van der Waals surface area contributed by atoms with E-state index in [9.17, 15) is 14.0 Å². The average molecular weight is 538 g/mol. The maximum atomic E-state index is 13.5. The molecule has 0 radical (unpaired) electrons. The molecule has 0 bridgehead atoms. The summed E-state index contributed by atoms with van der Waals surface area (Å²) >= 11 is 1.51. The van der Waals surface area contributed by atoms with Crippen LogP contribution in [-0.4, -0.2) is 39.4 Å². The van der Waals surface area contributed by atoms with E-state index >= 15 is 0 Å². The molecule has 2 heterocycles. The Morgan fingerprint density at radius 3 is 2.47 bits per heavy atom. The number of halogens is 1. The van der Waals surface area contributed by atoms with Crippen molar-refractivity contribution in [2.75, 3.05) is 12.8 Å². The van der Waals surface area contributed by atoms with E-state index < -0.39 is 0 Å². The summed E-state index contributed by atoms with van der Waals surface area (Å²) in [6.07, 6.45) is 10.3. The number of benzene rings is 1. The average Bonchev–Trinajstić information content (AvgIpc) is 3.33. The quantitative estimate of drug-likeness (QED) is 0.246. The van der Waals surface area contributed by atoms with Gasteiger partial charge in [0.05, 0.1) is 28.6 Å². The van der Waals surface area contributed by atoms with Gasteiger partial charge in [-0.25, -0.2) is 14.1 Å². The van der Waals surface area contributed by atoms with E-state index in [2.05, 4.69) is 41.1 Å². The van der Waals surface area contributed by atoms with Crippen LogP contribution in [0.15, 0.2) is 66.5 Å². The van der Waals surface area contributed by atoms with Crippen LogP contribution in [0.2, 0.25) is 0 Å². The van der Waals surface area contributed by atoms with Crippen molar-refractivity contribution in [2.45, 2.75) is 51.6 Å². The van der Waals surface area contributed by atoms with E-state index in [0.717, 1.165) is 10.6 Å². The molecular formula is C29H36FN5O2S. The molecule has 2 aromatic heterocycles. The summed E-state index contributed by atoms with van der Waals surface area (Å²) in [5.74, 6) is -0.766. The first kappa shape index (κ1) is 30.5. The van der Waals surface area contributed by atoms with Crippen molar-refractivity contribution in [1.29, 1.82) is 0 Å². The molecule has 38 heavy (non-hydrogen) atoms. The van der Waals surface area contributed by atoms with Crippen LogP contribution in [0.3, 0.4) is 0 Å². The Morgan fingerprint density at radius 2 is 1.89 bits per heavy atom. The number of carbonyl (C=O) groups excluding carboxylic acids is 2. The predicted molar refractivity (Wildman–Crippen MR) is 153 cm³/mol. The largest absolute Gasteiger partial charge is 0.356 e. The van der Waals surface area contributed by atoms with Gasteiger partial charge in [-0.2, -0.15) is 5.10 Å². The number of allylic oxidation sites excluding steroid dienone is 1. The molecule has 2 amide bonds. The molecule has 0 spiro atoms. The molecule has 3 rings (SSSR count). The van der Waals surface area contributed by atoms with Gasteiger partial charge in [0.15, 0.2) is 0 Å². The molecule has 0 fully saturated rings. The van der Waals surface area contributed by atoms with E-state index in [0.29, 0.717) is 35.5 Å². The molecule has 0 unspecified atom stereocenters. The van der Waals surface area contributed by atoms with E-state index in [1.807, 2.05) is 18.4 Å². The monoisotopic (exact) mass is 537 g/mol. The van der Waals surface area contributed by atoms with Gasteiger partial charge in [-0.3, -0.25) is 9.59 Å². The van der Waals surface area contributed by atoms with Crippen molar-refractivity contribution >= 4 is 35.2 Å². The van der Waals surface area contributed by atoms with Gasteiger partial charge < -0.3 is 10.6 Å². The summed E-state index contributed by atoms with van der Waals surface area (Å²) in [4.78, 5) is 29.1. The zero-order chi connectivity index (χ0) is 28.1. The van der Waals surface area contributed by atoms with E-state index in [1.165, 1.54) is 37.2 Å². The van der Waals surface area contributed by atoms with E-state index in [4.69, 9.17) is 0 Å². The molecule has 1 aromatic carbocycles. The second-order valence-electron chi connectivity index (χ2n) is 8.37. The third-order valence-corrected chi connectivity index (χ3v) is 6.02. The van der Waals surface area contributed by atoms with Gasteiger partial charge in [-0.1, -0.05) is 32.9 Å². The number of hydrogen-bond donors (Lipinski definition) is 2. The molecule has 1 atom stereocenters. The van der Waals surface area contributed by atoms with Crippen molar-refractivity contribution in [3.63, 3.8) is 0 Å². The maximum Gasteiger partial charge on any atom is 0.252 e. The van der Waals surface area contributed by atoms with Gasteiger partial charge in [0.2, 0.25) is 5.91 Å². The second-order valence-corrected chi connectivity index (χ2v) is 9.20. The maximum absolute atomic E-state index is 13.5. The van der Waals surface area contributed by atoms with Crippen LogP contribution in [0.4, 0.5) is 4.39 Å². The zero-order valence-electron chi connectivity index (χ0n) is 22.6. The molecule has 0 aliphatic carbocycles. The van der Waals surface area contributed by atoms with Crippen LogP contribution in [0, 0.1) is 5.82 Å². The molecule has 202 valence electrons. The van der Waals surface area contributed by atoms with Crippen LogP contribution in [-0.2, 0) is 9.59 Å². The molecule has 0 saturated carbocycles. The minimum Gasteiger partial charge on any atom is -0.356 e. The van der Waals surface area contributed by atoms with Crippen LogP contribution in [0.1, 0.15) is 63.4 Å². The minimum absolute atomic E-state index is 0.132. The SMILES string of the molecule is C=Cc1c(/C(=C\C)C(=O)N[C@@H](CCNC(C)=O)c2ccnc(SC)c2)cnn1-c1ccc(F)cc1.CCC. The second kappa shape index (κ2) is 15.5. The van der Waals surface area contributed by atoms with Crippen LogP contribution >= 0.6 is 11.8 Å².